The van der Waals surface area contributed by atoms with Gasteiger partial charge in [-0.25, -0.2) is 4.39 Å². The molecule has 0 saturated carbocycles. The number of rotatable bonds is 3. The van der Waals surface area contributed by atoms with Crippen LogP contribution in [-0.2, 0) is 17.9 Å². The molecule has 2 aliphatic rings. The van der Waals surface area contributed by atoms with E-state index in [9.17, 15) is 17.6 Å². The average Bonchev–Trinajstić information content (AvgIpc) is 3.15. The Labute approximate surface area is 158 Å². The molecule has 27 heavy (non-hydrogen) atoms. The van der Waals surface area contributed by atoms with Gasteiger partial charge in [-0.2, -0.15) is 24.5 Å². The predicted octanol–water partition coefficient (Wildman–Crippen LogP) is 5.27. The summed E-state index contributed by atoms with van der Waals surface area (Å²) in [6, 6.07) is 4.60. The summed E-state index contributed by atoms with van der Waals surface area (Å²) in [6.45, 7) is 0.913. The topological polar surface area (TPSA) is 21.7 Å². The second-order valence-electron chi connectivity index (χ2n) is 6.99. The molecule has 0 radical (unpaired) electrons. The predicted molar refractivity (Wildman–Crippen MR) is 92.9 cm³/mol. The maximum Gasteiger partial charge on any atom is 0.393 e. The van der Waals surface area contributed by atoms with Crippen molar-refractivity contribution in [1.82, 2.24) is 4.90 Å². The lowest BCUT2D eigenvalue weighted by atomic mass is 9.96. The first-order valence-corrected chi connectivity index (χ1v) is 9.75. The van der Waals surface area contributed by atoms with E-state index < -0.39 is 24.2 Å². The zero-order valence-corrected chi connectivity index (χ0v) is 15.3. The van der Waals surface area contributed by atoms with Crippen LogP contribution in [0.25, 0.3) is 0 Å². The summed E-state index contributed by atoms with van der Waals surface area (Å²) < 4.78 is 64.9. The first-order chi connectivity index (χ1) is 12.9. The normalized spacial score (nSPS) is 23.7. The van der Waals surface area contributed by atoms with E-state index in [1.807, 2.05) is 16.8 Å². The average molecular weight is 401 g/mol. The van der Waals surface area contributed by atoms with Gasteiger partial charge in [0.2, 0.25) is 6.29 Å². The molecule has 0 spiro atoms. The largest absolute Gasteiger partial charge is 0.460 e. The monoisotopic (exact) mass is 401 g/mol. The molecule has 0 unspecified atom stereocenters. The summed E-state index contributed by atoms with van der Waals surface area (Å²) in [5.41, 5.74) is 2.02. The lowest BCUT2D eigenvalue weighted by Crippen LogP contribution is -2.41. The molecule has 146 valence electrons. The van der Waals surface area contributed by atoms with Crippen LogP contribution in [0.2, 0.25) is 0 Å². The zero-order valence-electron chi connectivity index (χ0n) is 14.5. The molecule has 3 heterocycles. The molecule has 0 aliphatic carbocycles. The van der Waals surface area contributed by atoms with Gasteiger partial charge in [0.05, 0.1) is 12.5 Å². The number of fused-ring (bicyclic) bond motifs is 1. The van der Waals surface area contributed by atoms with Gasteiger partial charge in [-0.1, -0.05) is 0 Å². The molecule has 0 N–H and O–H groups in total. The zero-order chi connectivity index (χ0) is 19.0. The summed E-state index contributed by atoms with van der Waals surface area (Å²) >= 11 is 1.52. The highest BCUT2D eigenvalue weighted by Gasteiger charge is 2.41. The number of likely N-dealkylation sites (tertiary alicyclic amines) is 1. The Morgan fingerprint density at radius 2 is 2.11 bits per heavy atom. The Balaban J connectivity index is 1.56. The molecule has 1 aromatic carbocycles. The number of halogens is 4. The Hall–Kier alpha value is -1.64. The standard InChI is InChI=1S/C19H19F4NO2S/c20-16-6-13(8-24-4-1-2-15(9-24)19(21,22)23)17-14(7-16)10-25-18(26-17)12-3-5-27-11-12/h3,5-7,11,15,18H,1-2,4,8-10H2/t15-,18-/m0/s1. The molecule has 2 aliphatic heterocycles. The van der Waals surface area contributed by atoms with E-state index >= 15 is 0 Å². The third-order valence-electron chi connectivity index (χ3n) is 5.00. The van der Waals surface area contributed by atoms with Crippen molar-refractivity contribution in [2.75, 3.05) is 13.1 Å². The molecule has 1 saturated heterocycles. The summed E-state index contributed by atoms with van der Waals surface area (Å²) in [5, 5.41) is 3.82. The highest BCUT2D eigenvalue weighted by molar-refractivity contribution is 7.07. The highest BCUT2D eigenvalue weighted by atomic mass is 32.1. The first-order valence-electron chi connectivity index (χ1n) is 8.81. The Bertz CT molecular complexity index is 794. The minimum atomic E-state index is -4.20. The van der Waals surface area contributed by atoms with E-state index in [0.717, 1.165) is 5.56 Å². The molecule has 1 fully saturated rings. The third-order valence-corrected chi connectivity index (χ3v) is 5.70. The van der Waals surface area contributed by atoms with Gasteiger partial charge in [-0.15, -0.1) is 0 Å². The Morgan fingerprint density at radius 1 is 1.26 bits per heavy atom. The minimum Gasteiger partial charge on any atom is -0.460 e. The molecule has 0 amide bonds. The van der Waals surface area contributed by atoms with Crippen LogP contribution in [-0.4, -0.2) is 24.2 Å². The van der Waals surface area contributed by atoms with Gasteiger partial charge in [-0.05, 0) is 43.0 Å². The van der Waals surface area contributed by atoms with Crippen molar-refractivity contribution in [3.8, 4) is 5.75 Å². The van der Waals surface area contributed by atoms with Crippen molar-refractivity contribution < 1.29 is 27.0 Å². The number of hydrogen-bond donors (Lipinski definition) is 0. The van der Waals surface area contributed by atoms with Gasteiger partial charge < -0.3 is 9.47 Å². The van der Waals surface area contributed by atoms with Crippen LogP contribution >= 0.6 is 11.3 Å². The second-order valence-corrected chi connectivity index (χ2v) is 7.77. The third kappa shape index (κ3) is 4.12. The van der Waals surface area contributed by atoms with Crippen molar-refractivity contribution >= 4 is 11.3 Å². The van der Waals surface area contributed by atoms with Crippen LogP contribution in [0.3, 0.4) is 0 Å². The van der Waals surface area contributed by atoms with E-state index in [-0.39, 0.29) is 26.1 Å². The number of nitrogens with zero attached hydrogens (tertiary/aromatic N) is 1. The van der Waals surface area contributed by atoms with Crippen LogP contribution in [0, 0.1) is 11.7 Å². The second kappa shape index (κ2) is 7.41. The quantitative estimate of drug-likeness (QED) is 0.654. The fraction of sp³-hybridized carbons (Fsp3) is 0.474. The lowest BCUT2D eigenvalue weighted by Gasteiger charge is -2.35. The van der Waals surface area contributed by atoms with Gasteiger partial charge in [0.15, 0.2) is 0 Å². The number of piperidine rings is 1. The van der Waals surface area contributed by atoms with E-state index in [1.165, 1.54) is 23.5 Å². The van der Waals surface area contributed by atoms with Crippen LogP contribution in [0.15, 0.2) is 29.0 Å². The molecule has 1 aromatic heterocycles. The fourth-order valence-corrected chi connectivity index (χ4v) is 4.34. The van der Waals surface area contributed by atoms with Gasteiger partial charge >= 0.3 is 6.18 Å². The van der Waals surface area contributed by atoms with Crippen molar-refractivity contribution in [3.63, 3.8) is 0 Å². The van der Waals surface area contributed by atoms with Crippen LogP contribution in [0.4, 0.5) is 17.6 Å². The number of thiophene rings is 1. The number of hydrogen-bond acceptors (Lipinski definition) is 4. The maximum absolute atomic E-state index is 14.0. The summed E-state index contributed by atoms with van der Waals surface area (Å²) in [7, 11) is 0. The fourth-order valence-electron chi connectivity index (χ4n) is 3.68. The van der Waals surface area contributed by atoms with Crippen molar-refractivity contribution in [1.29, 1.82) is 0 Å². The number of ether oxygens (including phenoxy) is 2. The van der Waals surface area contributed by atoms with Gasteiger partial charge in [0, 0.05) is 35.2 Å². The molecule has 2 aromatic rings. The molecule has 8 heteroatoms. The minimum absolute atomic E-state index is 0.0702. The van der Waals surface area contributed by atoms with Crippen molar-refractivity contribution in [3.05, 3.63) is 51.5 Å². The van der Waals surface area contributed by atoms with Crippen LogP contribution < -0.4 is 4.74 Å². The molecule has 2 atom stereocenters. The van der Waals surface area contributed by atoms with Gasteiger partial charge in [0.25, 0.3) is 0 Å². The van der Waals surface area contributed by atoms with E-state index in [4.69, 9.17) is 9.47 Å². The maximum atomic E-state index is 14.0. The molecular weight excluding hydrogens is 382 g/mol. The molecule has 0 bridgehead atoms. The van der Waals surface area contributed by atoms with E-state index in [0.29, 0.717) is 29.8 Å². The summed E-state index contributed by atoms with van der Waals surface area (Å²) in [6.07, 6.45) is -4.17. The lowest BCUT2D eigenvalue weighted by molar-refractivity contribution is -0.187. The van der Waals surface area contributed by atoms with Gasteiger partial charge in [-0.3, -0.25) is 4.90 Å². The smallest absolute Gasteiger partial charge is 0.393 e. The van der Waals surface area contributed by atoms with E-state index in [2.05, 4.69) is 0 Å². The Morgan fingerprint density at radius 3 is 2.85 bits per heavy atom. The Kier molecular flexibility index (Phi) is 5.13. The SMILES string of the molecule is Fc1cc2c(c(CN3CCC[C@H](C(F)(F)F)C3)c1)O[C@@H](c1ccsc1)OC2. The van der Waals surface area contributed by atoms with E-state index in [1.54, 1.807) is 4.90 Å². The molecular formula is C19H19F4NO2S. The highest BCUT2D eigenvalue weighted by Crippen LogP contribution is 2.39. The summed E-state index contributed by atoms with van der Waals surface area (Å²) in [5.74, 6) is -1.25. The van der Waals surface area contributed by atoms with Crippen molar-refractivity contribution in [2.24, 2.45) is 5.92 Å². The summed E-state index contributed by atoms with van der Waals surface area (Å²) in [4.78, 5) is 1.73. The van der Waals surface area contributed by atoms with Crippen molar-refractivity contribution in [2.45, 2.75) is 38.5 Å². The van der Waals surface area contributed by atoms with Crippen LogP contribution in [0.5, 0.6) is 5.75 Å². The first kappa shape index (κ1) is 18.7. The van der Waals surface area contributed by atoms with Gasteiger partial charge in [0.1, 0.15) is 11.6 Å². The molecule has 4 rings (SSSR count). The number of benzene rings is 1. The molecule has 3 nitrogen and oxygen atoms in total. The number of alkyl halides is 3. The van der Waals surface area contributed by atoms with Crippen LogP contribution in [0.1, 0.15) is 35.8 Å².